The highest BCUT2D eigenvalue weighted by Crippen LogP contribution is 2.39. The predicted molar refractivity (Wildman–Crippen MR) is 96.0 cm³/mol. The van der Waals surface area contributed by atoms with E-state index in [2.05, 4.69) is 9.97 Å². The van der Waals surface area contributed by atoms with Gasteiger partial charge in [0, 0.05) is 12.7 Å². The molecular formula is C19H21N3O5. The molecule has 8 nitrogen and oxygen atoms in total. The maximum Gasteiger partial charge on any atom is 0.305 e. The van der Waals surface area contributed by atoms with E-state index in [9.17, 15) is 14.7 Å². The lowest BCUT2D eigenvalue weighted by Gasteiger charge is -2.37. The van der Waals surface area contributed by atoms with Gasteiger partial charge in [0.2, 0.25) is 0 Å². The van der Waals surface area contributed by atoms with Gasteiger partial charge in [-0.3, -0.25) is 9.59 Å². The fourth-order valence-electron chi connectivity index (χ4n) is 3.38. The first-order valence-corrected chi connectivity index (χ1v) is 8.51. The summed E-state index contributed by atoms with van der Waals surface area (Å²) in [7, 11) is 3.07. The van der Waals surface area contributed by atoms with Crippen molar-refractivity contribution in [2.75, 3.05) is 20.8 Å². The van der Waals surface area contributed by atoms with Gasteiger partial charge in [-0.25, -0.2) is 9.97 Å². The first-order chi connectivity index (χ1) is 12.9. The minimum atomic E-state index is -0.987. The van der Waals surface area contributed by atoms with E-state index in [0.29, 0.717) is 30.3 Å². The van der Waals surface area contributed by atoms with E-state index >= 15 is 0 Å². The Morgan fingerprint density at radius 3 is 2.59 bits per heavy atom. The van der Waals surface area contributed by atoms with Crippen molar-refractivity contribution in [2.45, 2.75) is 25.8 Å². The van der Waals surface area contributed by atoms with E-state index in [4.69, 9.17) is 9.47 Å². The van der Waals surface area contributed by atoms with E-state index in [1.165, 1.54) is 19.4 Å². The number of aromatic nitrogens is 2. The minimum absolute atomic E-state index is 0.210. The molecule has 1 N–H and O–H groups in total. The molecule has 0 radical (unpaired) electrons. The van der Waals surface area contributed by atoms with Crippen LogP contribution in [0.1, 0.15) is 39.9 Å². The van der Waals surface area contributed by atoms with Crippen molar-refractivity contribution >= 4 is 11.9 Å². The number of hydrogen-bond donors (Lipinski definition) is 1. The molecule has 1 aliphatic heterocycles. The minimum Gasteiger partial charge on any atom is -0.493 e. The van der Waals surface area contributed by atoms with Crippen molar-refractivity contribution in [2.24, 2.45) is 0 Å². The number of aryl methyl sites for hydroxylation is 1. The third-order valence-corrected chi connectivity index (χ3v) is 4.63. The molecule has 8 heteroatoms. The van der Waals surface area contributed by atoms with Crippen molar-refractivity contribution in [1.82, 2.24) is 14.9 Å². The second-order valence-electron chi connectivity index (χ2n) is 6.26. The Hall–Kier alpha value is -3.16. The first kappa shape index (κ1) is 18.6. The van der Waals surface area contributed by atoms with Gasteiger partial charge in [0.25, 0.3) is 5.91 Å². The number of methoxy groups -OCH3 is 2. The van der Waals surface area contributed by atoms with Gasteiger partial charge in [0.05, 0.1) is 26.7 Å². The molecule has 27 heavy (non-hydrogen) atoms. The lowest BCUT2D eigenvalue weighted by Crippen LogP contribution is -2.41. The molecule has 1 aromatic carbocycles. The summed E-state index contributed by atoms with van der Waals surface area (Å²) < 4.78 is 10.7. The largest absolute Gasteiger partial charge is 0.493 e. The standard InChI is InChI=1S/C19H21N3O5/c1-11-20-6-4-14(21-11)19(25)22-7-5-12-8-16(26-2)17(27-3)9-13(12)15(22)10-18(23)24/h4,6,8-9,15H,5,7,10H2,1-3H3,(H,23,24)/t15-/m1/s1. The van der Waals surface area contributed by atoms with Gasteiger partial charge < -0.3 is 19.5 Å². The zero-order valence-corrected chi connectivity index (χ0v) is 15.4. The van der Waals surface area contributed by atoms with Crippen molar-refractivity contribution < 1.29 is 24.2 Å². The highest BCUT2D eigenvalue weighted by atomic mass is 16.5. The summed E-state index contributed by atoms with van der Waals surface area (Å²) in [5.74, 6) is 0.265. The van der Waals surface area contributed by atoms with Crippen LogP contribution in [-0.4, -0.2) is 52.6 Å². The molecular weight excluding hydrogens is 350 g/mol. The van der Waals surface area contributed by atoms with Crippen LogP contribution in [0.4, 0.5) is 0 Å². The molecule has 3 rings (SSSR count). The predicted octanol–water partition coefficient (Wildman–Crippen LogP) is 2.02. The van der Waals surface area contributed by atoms with Crippen molar-refractivity contribution in [3.63, 3.8) is 0 Å². The topological polar surface area (TPSA) is 102 Å². The number of amides is 1. The van der Waals surface area contributed by atoms with E-state index in [0.717, 1.165) is 11.1 Å². The third kappa shape index (κ3) is 3.69. The first-order valence-electron chi connectivity index (χ1n) is 8.51. The van der Waals surface area contributed by atoms with E-state index < -0.39 is 12.0 Å². The summed E-state index contributed by atoms with van der Waals surface area (Å²) >= 11 is 0. The van der Waals surface area contributed by atoms with Crippen LogP contribution in [0, 0.1) is 6.92 Å². The van der Waals surface area contributed by atoms with E-state index in [1.54, 1.807) is 25.0 Å². The Morgan fingerprint density at radius 2 is 1.96 bits per heavy atom. The highest BCUT2D eigenvalue weighted by Gasteiger charge is 2.34. The summed E-state index contributed by atoms with van der Waals surface area (Å²) in [5.41, 5.74) is 1.95. The SMILES string of the molecule is COc1cc2c(cc1OC)[C@@H](CC(=O)O)N(C(=O)c1ccnc(C)n1)CC2. The average Bonchev–Trinajstić information content (AvgIpc) is 2.66. The van der Waals surface area contributed by atoms with Crippen LogP contribution < -0.4 is 9.47 Å². The number of aliphatic carboxylic acids is 1. The summed E-state index contributed by atoms with van der Waals surface area (Å²) in [4.78, 5) is 34.3. The van der Waals surface area contributed by atoms with Crippen LogP contribution in [-0.2, 0) is 11.2 Å². The van der Waals surface area contributed by atoms with Gasteiger partial charge in [-0.15, -0.1) is 0 Å². The highest BCUT2D eigenvalue weighted by molar-refractivity contribution is 5.93. The van der Waals surface area contributed by atoms with Crippen LogP contribution in [0.3, 0.4) is 0 Å². The summed E-state index contributed by atoms with van der Waals surface area (Å²) in [6.07, 6.45) is 1.90. The number of carbonyl (C=O) groups excluding carboxylic acids is 1. The van der Waals surface area contributed by atoms with Crippen molar-refractivity contribution in [3.05, 3.63) is 47.0 Å². The molecule has 0 aliphatic carbocycles. The Kier molecular flexibility index (Phi) is 5.25. The number of nitrogens with zero attached hydrogens (tertiary/aromatic N) is 3. The number of ether oxygens (including phenoxy) is 2. The molecule has 0 bridgehead atoms. The summed E-state index contributed by atoms with van der Waals surface area (Å²) in [6.45, 7) is 2.09. The van der Waals surface area contributed by atoms with Crippen LogP contribution in [0.25, 0.3) is 0 Å². The van der Waals surface area contributed by atoms with E-state index in [-0.39, 0.29) is 18.0 Å². The van der Waals surface area contributed by atoms with Gasteiger partial charge in [0.15, 0.2) is 11.5 Å². The van der Waals surface area contributed by atoms with Crippen molar-refractivity contribution in [3.8, 4) is 11.5 Å². The van der Waals surface area contributed by atoms with Crippen LogP contribution in [0.2, 0.25) is 0 Å². The second kappa shape index (κ2) is 7.61. The monoisotopic (exact) mass is 371 g/mol. The van der Waals surface area contributed by atoms with Gasteiger partial charge in [-0.05, 0) is 42.7 Å². The Labute approximate surface area is 156 Å². The molecule has 0 fully saturated rings. The molecule has 2 aromatic rings. The smallest absolute Gasteiger partial charge is 0.305 e. The number of carbonyl (C=O) groups is 2. The number of fused-ring (bicyclic) bond motifs is 1. The lowest BCUT2D eigenvalue weighted by atomic mass is 9.89. The van der Waals surface area contributed by atoms with Gasteiger partial charge in [-0.2, -0.15) is 0 Å². The van der Waals surface area contributed by atoms with Crippen LogP contribution in [0.15, 0.2) is 24.4 Å². The maximum absolute atomic E-state index is 13.0. The molecule has 1 aromatic heterocycles. The molecule has 0 saturated heterocycles. The molecule has 0 unspecified atom stereocenters. The molecule has 1 amide bonds. The quantitative estimate of drug-likeness (QED) is 0.858. The Morgan fingerprint density at radius 1 is 1.26 bits per heavy atom. The van der Waals surface area contributed by atoms with E-state index in [1.807, 2.05) is 6.07 Å². The molecule has 2 heterocycles. The number of rotatable bonds is 5. The lowest BCUT2D eigenvalue weighted by molar-refractivity contribution is -0.138. The van der Waals surface area contributed by atoms with Gasteiger partial charge in [0.1, 0.15) is 11.5 Å². The third-order valence-electron chi connectivity index (χ3n) is 4.63. The second-order valence-corrected chi connectivity index (χ2v) is 6.26. The number of hydrogen-bond acceptors (Lipinski definition) is 6. The fourth-order valence-corrected chi connectivity index (χ4v) is 3.38. The number of benzene rings is 1. The van der Waals surface area contributed by atoms with Gasteiger partial charge >= 0.3 is 5.97 Å². The normalized spacial score (nSPS) is 15.8. The van der Waals surface area contributed by atoms with Crippen molar-refractivity contribution in [1.29, 1.82) is 0 Å². The fraction of sp³-hybridized carbons (Fsp3) is 0.368. The maximum atomic E-state index is 13.0. The van der Waals surface area contributed by atoms with Gasteiger partial charge in [-0.1, -0.05) is 0 Å². The molecule has 0 spiro atoms. The zero-order valence-electron chi connectivity index (χ0n) is 15.4. The zero-order chi connectivity index (χ0) is 19.6. The number of carboxylic acid groups (broad SMARTS) is 1. The molecule has 1 aliphatic rings. The summed E-state index contributed by atoms with van der Waals surface area (Å²) in [6, 6.07) is 4.53. The van der Waals surface area contributed by atoms with Crippen LogP contribution >= 0.6 is 0 Å². The Balaban J connectivity index is 2.04. The Bertz CT molecular complexity index is 884. The number of carboxylic acids is 1. The van der Waals surface area contributed by atoms with Crippen LogP contribution in [0.5, 0.6) is 11.5 Å². The molecule has 1 atom stereocenters. The molecule has 0 saturated carbocycles. The average molecular weight is 371 g/mol. The molecule has 142 valence electrons. The summed E-state index contributed by atoms with van der Waals surface area (Å²) in [5, 5.41) is 9.41.